The number of anilines is 1. The Balaban J connectivity index is 1.28. The second-order valence-corrected chi connectivity index (χ2v) is 7.30. The highest BCUT2D eigenvalue weighted by atomic mass is 19.3. The van der Waals surface area contributed by atoms with E-state index in [0.717, 1.165) is 5.56 Å². The van der Waals surface area contributed by atoms with Crippen molar-refractivity contribution in [2.75, 3.05) is 31.2 Å². The third-order valence-electron chi connectivity index (χ3n) is 5.19. The Bertz CT molecular complexity index is 951. The summed E-state index contributed by atoms with van der Waals surface area (Å²) in [4.78, 5) is 26.6. The Morgan fingerprint density at radius 1 is 1.13 bits per heavy atom. The lowest BCUT2D eigenvalue weighted by Crippen LogP contribution is -2.34. The van der Waals surface area contributed by atoms with Crippen molar-refractivity contribution in [3.05, 3.63) is 48.0 Å². The summed E-state index contributed by atoms with van der Waals surface area (Å²) in [5, 5.41) is 2.85. The quantitative estimate of drug-likeness (QED) is 0.728. The van der Waals surface area contributed by atoms with Crippen LogP contribution in [-0.4, -0.2) is 44.7 Å². The molecule has 0 aliphatic carbocycles. The van der Waals surface area contributed by atoms with Crippen LogP contribution < -0.4 is 24.4 Å². The van der Waals surface area contributed by atoms with E-state index in [1.807, 2.05) is 0 Å². The molecule has 2 amide bonds. The Kier molecular flexibility index (Phi) is 6.20. The van der Waals surface area contributed by atoms with Crippen molar-refractivity contribution in [1.29, 1.82) is 0 Å². The fourth-order valence-electron chi connectivity index (χ4n) is 3.64. The van der Waals surface area contributed by atoms with Crippen molar-refractivity contribution in [1.82, 2.24) is 5.32 Å². The molecule has 31 heavy (non-hydrogen) atoms. The maximum absolute atomic E-state index is 12.5. The molecule has 0 unspecified atom stereocenters. The lowest BCUT2D eigenvalue weighted by atomic mass is 10.1. The molecule has 2 aromatic carbocycles. The van der Waals surface area contributed by atoms with E-state index in [9.17, 15) is 18.4 Å². The molecule has 0 aromatic heterocycles. The van der Waals surface area contributed by atoms with Gasteiger partial charge in [0.25, 0.3) is 0 Å². The van der Waals surface area contributed by atoms with Gasteiger partial charge in [0.1, 0.15) is 19.0 Å². The van der Waals surface area contributed by atoms with Crippen LogP contribution in [0.3, 0.4) is 0 Å². The first kappa shape index (κ1) is 20.9. The summed E-state index contributed by atoms with van der Waals surface area (Å²) in [6.45, 7) is -1.24. The molecule has 1 saturated heterocycles. The first-order chi connectivity index (χ1) is 15.0. The molecule has 0 saturated carbocycles. The van der Waals surface area contributed by atoms with Crippen LogP contribution in [0.5, 0.6) is 17.2 Å². The van der Waals surface area contributed by atoms with Gasteiger partial charge in [-0.25, -0.2) is 0 Å². The van der Waals surface area contributed by atoms with Crippen molar-refractivity contribution in [3.63, 3.8) is 0 Å². The number of alkyl halides is 2. The molecule has 0 spiro atoms. The maximum atomic E-state index is 12.5. The number of carbonyl (C=O) groups is 2. The number of hydrogen-bond donors (Lipinski definition) is 1. The second-order valence-electron chi connectivity index (χ2n) is 7.30. The van der Waals surface area contributed by atoms with Crippen molar-refractivity contribution < 1.29 is 32.6 Å². The number of hydrogen-bond acceptors (Lipinski definition) is 5. The first-order valence-corrected chi connectivity index (χ1v) is 10.0. The van der Waals surface area contributed by atoms with E-state index in [1.54, 1.807) is 35.2 Å². The van der Waals surface area contributed by atoms with Crippen LogP contribution in [0.15, 0.2) is 42.5 Å². The van der Waals surface area contributed by atoms with Crippen molar-refractivity contribution in [2.24, 2.45) is 5.92 Å². The van der Waals surface area contributed by atoms with Crippen molar-refractivity contribution in [3.8, 4) is 17.2 Å². The average molecular weight is 432 g/mol. The third-order valence-corrected chi connectivity index (χ3v) is 5.19. The minimum Gasteiger partial charge on any atom is -0.486 e. The number of halogens is 2. The summed E-state index contributed by atoms with van der Waals surface area (Å²) in [5.74, 6) is 0.575. The number of amides is 2. The van der Waals surface area contributed by atoms with Crippen LogP contribution in [0.25, 0.3) is 0 Å². The van der Waals surface area contributed by atoms with Crippen LogP contribution in [0.1, 0.15) is 12.0 Å². The summed E-state index contributed by atoms with van der Waals surface area (Å²) >= 11 is 0. The van der Waals surface area contributed by atoms with Crippen LogP contribution in [0.4, 0.5) is 14.5 Å². The molecule has 1 fully saturated rings. The minimum absolute atomic E-state index is 0.0893. The molecule has 164 valence electrons. The first-order valence-electron chi connectivity index (χ1n) is 10.0. The van der Waals surface area contributed by atoms with E-state index in [4.69, 9.17) is 9.47 Å². The van der Waals surface area contributed by atoms with E-state index in [-0.39, 0.29) is 24.0 Å². The largest absolute Gasteiger partial charge is 0.486 e. The van der Waals surface area contributed by atoms with Gasteiger partial charge in [0.2, 0.25) is 11.8 Å². The van der Waals surface area contributed by atoms with E-state index >= 15 is 0 Å². The lowest BCUT2D eigenvalue weighted by molar-refractivity contribution is -0.126. The van der Waals surface area contributed by atoms with E-state index < -0.39 is 12.5 Å². The summed E-state index contributed by atoms with van der Waals surface area (Å²) in [7, 11) is 0. The molecule has 0 bridgehead atoms. The molecule has 9 heteroatoms. The summed E-state index contributed by atoms with van der Waals surface area (Å²) < 4.78 is 39.8. The van der Waals surface area contributed by atoms with Gasteiger partial charge >= 0.3 is 6.61 Å². The van der Waals surface area contributed by atoms with Gasteiger partial charge in [0, 0.05) is 31.3 Å². The van der Waals surface area contributed by atoms with Crippen LogP contribution in [-0.2, 0) is 16.0 Å². The van der Waals surface area contributed by atoms with Gasteiger partial charge in [-0.05, 0) is 36.2 Å². The zero-order valence-electron chi connectivity index (χ0n) is 16.7. The zero-order valence-corrected chi connectivity index (χ0v) is 16.7. The molecule has 7 nitrogen and oxygen atoms in total. The van der Waals surface area contributed by atoms with Gasteiger partial charge in [-0.3, -0.25) is 9.59 Å². The maximum Gasteiger partial charge on any atom is 0.387 e. The minimum atomic E-state index is -2.86. The fourth-order valence-corrected chi connectivity index (χ4v) is 3.64. The Morgan fingerprint density at radius 3 is 2.61 bits per heavy atom. The lowest BCUT2D eigenvalue weighted by Gasteiger charge is -2.22. The summed E-state index contributed by atoms with van der Waals surface area (Å²) in [5.41, 5.74) is 1.55. The molecule has 0 radical (unpaired) electrons. The highest BCUT2D eigenvalue weighted by Crippen LogP contribution is 2.36. The Hall–Kier alpha value is -3.36. The number of ether oxygens (including phenoxy) is 3. The summed E-state index contributed by atoms with van der Waals surface area (Å²) in [6, 6.07) is 11.6. The molecule has 4 rings (SSSR count). The second kappa shape index (κ2) is 9.20. The summed E-state index contributed by atoms with van der Waals surface area (Å²) in [6.07, 6.45) is 0.674. The molecule has 2 aliphatic heterocycles. The van der Waals surface area contributed by atoms with Gasteiger partial charge in [0.15, 0.2) is 11.5 Å². The fraction of sp³-hybridized carbons (Fsp3) is 0.364. The Morgan fingerprint density at radius 2 is 1.87 bits per heavy atom. The standard InChI is InChI=1S/C22H22F2N2O5/c23-22(24)31-17-4-1-14(2-5-17)7-8-25-21(28)15-11-20(27)26(13-15)16-3-6-18-19(12-16)30-10-9-29-18/h1-6,12,15,22H,7-11,13H2,(H,25,28)/t15-/m0/s1. The molecule has 1 atom stereocenters. The van der Waals surface area contributed by atoms with E-state index in [0.29, 0.717) is 49.9 Å². The Labute approximate surface area is 177 Å². The molecule has 2 heterocycles. The van der Waals surface area contributed by atoms with Gasteiger partial charge in [-0.2, -0.15) is 8.78 Å². The van der Waals surface area contributed by atoms with Gasteiger partial charge in [-0.1, -0.05) is 12.1 Å². The highest BCUT2D eigenvalue weighted by Gasteiger charge is 2.35. The number of fused-ring (bicyclic) bond motifs is 1. The number of benzene rings is 2. The topological polar surface area (TPSA) is 77.1 Å². The molecular formula is C22H22F2N2O5. The van der Waals surface area contributed by atoms with Gasteiger partial charge in [0.05, 0.1) is 5.92 Å². The number of rotatable bonds is 7. The van der Waals surface area contributed by atoms with Crippen molar-refractivity contribution >= 4 is 17.5 Å². The predicted molar refractivity (Wildman–Crippen MR) is 108 cm³/mol. The third kappa shape index (κ3) is 5.04. The number of carbonyl (C=O) groups excluding carboxylic acids is 2. The smallest absolute Gasteiger partial charge is 0.387 e. The zero-order chi connectivity index (χ0) is 21.8. The van der Waals surface area contributed by atoms with Crippen LogP contribution in [0, 0.1) is 5.92 Å². The molecule has 2 aliphatic rings. The number of nitrogens with one attached hydrogen (secondary N) is 1. The van der Waals surface area contributed by atoms with Gasteiger partial charge in [-0.15, -0.1) is 0 Å². The van der Waals surface area contributed by atoms with Gasteiger partial charge < -0.3 is 24.4 Å². The van der Waals surface area contributed by atoms with Crippen LogP contribution >= 0.6 is 0 Å². The van der Waals surface area contributed by atoms with E-state index in [1.165, 1.54) is 12.1 Å². The highest BCUT2D eigenvalue weighted by molar-refractivity contribution is 6.00. The predicted octanol–water partition coefficient (Wildman–Crippen LogP) is 2.77. The molecule has 1 N–H and O–H groups in total. The molecule has 2 aromatic rings. The average Bonchev–Trinajstić information content (AvgIpc) is 3.16. The normalized spacial score (nSPS) is 17.7. The number of nitrogens with zero attached hydrogens (tertiary/aromatic N) is 1. The monoisotopic (exact) mass is 432 g/mol. The SMILES string of the molecule is O=C(NCCc1ccc(OC(F)F)cc1)[C@H]1CC(=O)N(c2ccc3c(c2)OCCO3)C1. The van der Waals surface area contributed by atoms with Crippen LogP contribution in [0.2, 0.25) is 0 Å². The van der Waals surface area contributed by atoms with E-state index in [2.05, 4.69) is 10.1 Å². The van der Waals surface area contributed by atoms with Crippen molar-refractivity contribution in [2.45, 2.75) is 19.5 Å². The molecular weight excluding hydrogens is 410 g/mol.